The molecule has 1 unspecified atom stereocenters. The van der Waals surface area contributed by atoms with Crippen LogP contribution in [0.5, 0.6) is 0 Å². The van der Waals surface area contributed by atoms with Gasteiger partial charge in [-0.15, -0.1) is 0 Å². The topological polar surface area (TPSA) is 105 Å². The maximum absolute atomic E-state index is 10.5. The maximum Gasteiger partial charge on any atom is 0.320 e. The standard InChI is InChI=1S/C10H18N2O4/c11-8-9(10(15)16)2-1-3-12(4-6-13)5-7-14/h9,13-14H,1-7H2,(H,15,16). The number of nitriles is 1. The zero-order chi connectivity index (χ0) is 12.4. The summed E-state index contributed by atoms with van der Waals surface area (Å²) in [5.41, 5.74) is 0. The predicted molar refractivity (Wildman–Crippen MR) is 56.6 cm³/mol. The fraction of sp³-hybridized carbons (Fsp3) is 0.800. The Morgan fingerprint density at radius 3 is 2.19 bits per heavy atom. The third-order valence-corrected chi connectivity index (χ3v) is 2.25. The lowest BCUT2D eigenvalue weighted by Crippen LogP contribution is -2.31. The van der Waals surface area contributed by atoms with Crippen LogP contribution in [-0.2, 0) is 4.79 Å². The quantitative estimate of drug-likeness (QED) is 0.482. The van der Waals surface area contributed by atoms with Crippen molar-refractivity contribution in [2.24, 2.45) is 5.92 Å². The lowest BCUT2D eigenvalue weighted by molar-refractivity contribution is -0.140. The minimum atomic E-state index is -1.10. The lowest BCUT2D eigenvalue weighted by atomic mass is 10.1. The molecule has 0 saturated carbocycles. The van der Waals surface area contributed by atoms with Crippen LogP contribution in [0.15, 0.2) is 0 Å². The van der Waals surface area contributed by atoms with Crippen LogP contribution < -0.4 is 0 Å². The molecule has 6 heteroatoms. The van der Waals surface area contributed by atoms with E-state index in [4.69, 9.17) is 20.6 Å². The van der Waals surface area contributed by atoms with Crippen LogP contribution in [0.1, 0.15) is 12.8 Å². The molecule has 0 aliphatic carbocycles. The van der Waals surface area contributed by atoms with Crippen molar-refractivity contribution in [3.05, 3.63) is 0 Å². The highest BCUT2D eigenvalue weighted by Crippen LogP contribution is 2.06. The molecule has 1 atom stereocenters. The van der Waals surface area contributed by atoms with Crippen molar-refractivity contribution in [1.82, 2.24) is 4.90 Å². The first-order valence-corrected chi connectivity index (χ1v) is 5.22. The molecule has 0 amide bonds. The van der Waals surface area contributed by atoms with E-state index < -0.39 is 11.9 Å². The number of carboxylic acid groups (broad SMARTS) is 1. The van der Waals surface area contributed by atoms with Crippen LogP contribution >= 0.6 is 0 Å². The van der Waals surface area contributed by atoms with Gasteiger partial charge < -0.3 is 15.3 Å². The molecule has 0 aliphatic heterocycles. The number of carboxylic acids is 1. The summed E-state index contributed by atoms with van der Waals surface area (Å²) < 4.78 is 0. The van der Waals surface area contributed by atoms with Crippen molar-refractivity contribution in [1.29, 1.82) is 5.26 Å². The highest BCUT2D eigenvalue weighted by Gasteiger charge is 2.16. The van der Waals surface area contributed by atoms with Gasteiger partial charge in [0.2, 0.25) is 0 Å². The molecule has 6 nitrogen and oxygen atoms in total. The molecule has 0 bridgehead atoms. The number of rotatable bonds is 9. The normalized spacial score (nSPS) is 12.4. The molecule has 0 aromatic carbocycles. The van der Waals surface area contributed by atoms with Gasteiger partial charge in [0.15, 0.2) is 0 Å². The fourth-order valence-electron chi connectivity index (χ4n) is 1.38. The van der Waals surface area contributed by atoms with Crippen LogP contribution in [0.2, 0.25) is 0 Å². The van der Waals surface area contributed by atoms with Crippen LogP contribution in [0.25, 0.3) is 0 Å². The van der Waals surface area contributed by atoms with E-state index in [-0.39, 0.29) is 13.2 Å². The van der Waals surface area contributed by atoms with Crippen molar-refractivity contribution in [2.75, 3.05) is 32.8 Å². The van der Waals surface area contributed by atoms with Gasteiger partial charge in [0.25, 0.3) is 0 Å². The maximum atomic E-state index is 10.5. The van der Waals surface area contributed by atoms with Gasteiger partial charge in [0.1, 0.15) is 5.92 Å². The molecule has 0 saturated heterocycles. The Hall–Kier alpha value is -1.16. The SMILES string of the molecule is N#CC(CCCN(CCO)CCO)C(=O)O. The largest absolute Gasteiger partial charge is 0.480 e. The van der Waals surface area contributed by atoms with Crippen LogP contribution in [-0.4, -0.2) is 59.0 Å². The number of nitrogens with zero attached hydrogens (tertiary/aromatic N) is 2. The second-order valence-electron chi connectivity index (χ2n) is 3.45. The molecule has 0 aromatic heterocycles. The smallest absolute Gasteiger partial charge is 0.320 e. The Labute approximate surface area is 94.7 Å². The van der Waals surface area contributed by atoms with Crippen LogP contribution in [0.4, 0.5) is 0 Å². The van der Waals surface area contributed by atoms with E-state index in [2.05, 4.69) is 0 Å². The number of hydrogen-bond donors (Lipinski definition) is 3. The number of hydrogen-bond acceptors (Lipinski definition) is 5. The zero-order valence-corrected chi connectivity index (χ0v) is 9.17. The number of carbonyl (C=O) groups is 1. The van der Waals surface area contributed by atoms with E-state index in [1.54, 1.807) is 6.07 Å². The van der Waals surface area contributed by atoms with Gasteiger partial charge in [-0.2, -0.15) is 5.26 Å². The molecule has 0 radical (unpaired) electrons. The average molecular weight is 230 g/mol. The highest BCUT2D eigenvalue weighted by atomic mass is 16.4. The van der Waals surface area contributed by atoms with E-state index in [1.165, 1.54) is 0 Å². The third-order valence-electron chi connectivity index (χ3n) is 2.25. The molecule has 0 aromatic rings. The van der Waals surface area contributed by atoms with E-state index in [0.717, 1.165) is 0 Å². The van der Waals surface area contributed by atoms with Gasteiger partial charge >= 0.3 is 5.97 Å². The van der Waals surface area contributed by atoms with Crippen LogP contribution in [0, 0.1) is 17.2 Å². The molecule has 3 N–H and O–H groups in total. The van der Waals surface area contributed by atoms with Crippen molar-refractivity contribution >= 4 is 5.97 Å². The summed E-state index contributed by atoms with van der Waals surface area (Å²) in [7, 11) is 0. The molecule has 0 aliphatic rings. The van der Waals surface area contributed by atoms with E-state index in [1.807, 2.05) is 4.90 Å². The Bertz CT molecular complexity index is 233. The summed E-state index contributed by atoms with van der Waals surface area (Å²) >= 11 is 0. The molecule has 92 valence electrons. The summed E-state index contributed by atoms with van der Waals surface area (Å²) in [6.45, 7) is 1.48. The van der Waals surface area contributed by atoms with Gasteiger partial charge in [0, 0.05) is 13.1 Å². The van der Waals surface area contributed by atoms with E-state index in [0.29, 0.717) is 32.5 Å². The Morgan fingerprint density at radius 1 is 1.25 bits per heavy atom. The van der Waals surface area contributed by atoms with E-state index in [9.17, 15) is 4.79 Å². The average Bonchev–Trinajstić information content (AvgIpc) is 2.24. The molecular formula is C10H18N2O4. The number of aliphatic carboxylic acids is 1. The lowest BCUT2D eigenvalue weighted by Gasteiger charge is -2.19. The Balaban J connectivity index is 3.84. The molecule has 0 fully saturated rings. The summed E-state index contributed by atoms with van der Waals surface area (Å²) in [5, 5.41) is 34.6. The minimum absolute atomic E-state index is 0.000604. The summed E-state index contributed by atoms with van der Waals surface area (Å²) in [5.74, 6) is -2.07. The Morgan fingerprint density at radius 2 is 1.81 bits per heavy atom. The zero-order valence-electron chi connectivity index (χ0n) is 9.17. The predicted octanol–water partition coefficient (Wildman–Crippen LogP) is -0.722. The first-order valence-electron chi connectivity index (χ1n) is 5.22. The first-order chi connectivity index (χ1) is 7.65. The van der Waals surface area contributed by atoms with Crippen LogP contribution in [0.3, 0.4) is 0 Å². The van der Waals surface area contributed by atoms with Gasteiger partial charge in [-0.1, -0.05) is 0 Å². The monoisotopic (exact) mass is 230 g/mol. The molecular weight excluding hydrogens is 212 g/mol. The fourth-order valence-corrected chi connectivity index (χ4v) is 1.38. The first kappa shape index (κ1) is 14.8. The van der Waals surface area contributed by atoms with Crippen molar-refractivity contribution in [2.45, 2.75) is 12.8 Å². The highest BCUT2D eigenvalue weighted by molar-refractivity contribution is 5.72. The summed E-state index contributed by atoms with van der Waals surface area (Å²) in [6.07, 6.45) is 0.851. The molecule has 16 heavy (non-hydrogen) atoms. The van der Waals surface area contributed by atoms with Crippen molar-refractivity contribution < 1.29 is 20.1 Å². The summed E-state index contributed by atoms with van der Waals surface area (Å²) in [4.78, 5) is 12.4. The second-order valence-corrected chi connectivity index (χ2v) is 3.45. The van der Waals surface area contributed by atoms with Gasteiger partial charge in [-0.3, -0.25) is 9.69 Å². The Kier molecular flexibility index (Phi) is 8.43. The van der Waals surface area contributed by atoms with Crippen molar-refractivity contribution in [3.63, 3.8) is 0 Å². The van der Waals surface area contributed by atoms with Crippen molar-refractivity contribution in [3.8, 4) is 6.07 Å². The van der Waals surface area contributed by atoms with Gasteiger partial charge in [-0.05, 0) is 19.4 Å². The van der Waals surface area contributed by atoms with E-state index >= 15 is 0 Å². The summed E-state index contributed by atoms with van der Waals surface area (Å²) in [6, 6.07) is 1.72. The van der Waals surface area contributed by atoms with Gasteiger partial charge in [0.05, 0.1) is 19.3 Å². The number of aliphatic hydroxyl groups is 2. The molecule has 0 heterocycles. The minimum Gasteiger partial charge on any atom is -0.480 e. The van der Waals surface area contributed by atoms with Gasteiger partial charge in [-0.25, -0.2) is 0 Å². The molecule has 0 rings (SSSR count). The third kappa shape index (κ3) is 6.35. The number of aliphatic hydroxyl groups excluding tert-OH is 2. The second kappa shape index (κ2) is 9.09. The molecule has 0 spiro atoms.